The summed E-state index contributed by atoms with van der Waals surface area (Å²) in [5.74, 6) is 0. The Morgan fingerprint density at radius 3 is 1.26 bits per heavy atom. The minimum absolute atomic E-state index is 0.790. The van der Waals surface area contributed by atoms with Gasteiger partial charge < -0.3 is 9.32 Å². The Labute approximate surface area is 408 Å². The summed E-state index contributed by atoms with van der Waals surface area (Å²) in [5, 5.41) is 2.22. The molecular formula is C68H45NO. The quantitative estimate of drug-likeness (QED) is 0.151. The SMILES string of the molecule is c1ccc(-c2cc3c(c(N(c4ccccc4-c4cccc5oc6ccccc6c45)c4c5c(cc(-c6ccccc6)c4-c4ccccc4)-c4ccccc4C5)c2-c2ccccc2)Cc2ccccc2-3)cc1. The third-order valence-electron chi connectivity index (χ3n) is 14.7. The van der Waals surface area contributed by atoms with Crippen LogP contribution in [0.15, 0.2) is 253 Å². The van der Waals surface area contributed by atoms with Crippen molar-refractivity contribution in [1.29, 1.82) is 0 Å². The molecule has 0 amide bonds. The third-order valence-corrected chi connectivity index (χ3v) is 14.7. The van der Waals surface area contributed by atoms with Crippen molar-refractivity contribution in [3.63, 3.8) is 0 Å². The predicted molar refractivity (Wildman–Crippen MR) is 292 cm³/mol. The summed E-state index contributed by atoms with van der Waals surface area (Å²) in [6.07, 6.45) is 1.58. The molecule has 11 aromatic carbocycles. The topological polar surface area (TPSA) is 16.4 Å². The molecule has 2 heteroatoms. The molecule has 1 heterocycles. The average molecular weight is 892 g/mol. The molecular weight excluding hydrogens is 847 g/mol. The van der Waals surface area contributed by atoms with Crippen LogP contribution in [0.25, 0.3) is 99.8 Å². The number of hydrogen-bond donors (Lipinski definition) is 0. The van der Waals surface area contributed by atoms with Crippen molar-refractivity contribution in [3.05, 3.63) is 271 Å². The minimum atomic E-state index is 0.790. The van der Waals surface area contributed by atoms with E-state index >= 15 is 0 Å². The highest BCUT2D eigenvalue weighted by molar-refractivity contribution is 6.16. The van der Waals surface area contributed by atoms with E-state index in [1.165, 1.54) is 100 Å². The maximum atomic E-state index is 6.65. The van der Waals surface area contributed by atoms with Crippen LogP contribution in [-0.2, 0) is 12.8 Å². The Morgan fingerprint density at radius 1 is 0.300 bits per heavy atom. The van der Waals surface area contributed by atoms with Gasteiger partial charge in [-0.25, -0.2) is 0 Å². The molecule has 328 valence electrons. The molecule has 14 rings (SSSR count). The van der Waals surface area contributed by atoms with Crippen molar-refractivity contribution in [2.45, 2.75) is 12.8 Å². The second-order valence-electron chi connectivity index (χ2n) is 18.6. The van der Waals surface area contributed by atoms with E-state index < -0.39 is 0 Å². The van der Waals surface area contributed by atoms with Crippen LogP contribution in [-0.4, -0.2) is 0 Å². The van der Waals surface area contributed by atoms with Crippen molar-refractivity contribution in [1.82, 2.24) is 0 Å². The largest absolute Gasteiger partial charge is 0.456 e. The number of nitrogens with zero attached hydrogens (tertiary/aromatic N) is 1. The number of hydrogen-bond acceptors (Lipinski definition) is 2. The summed E-state index contributed by atoms with van der Waals surface area (Å²) in [6.45, 7) is 0. The van der Waals surface area contributed by atoms with Gasteiger partial charge >= 0.3 is 0 Å². The summed E-state index contributed by atoms with van der Waals surface area (Å²) in [4.78, 5) is 2.73. The highest BCUT2D eigenvalue weighted by Crippen LogP contribution is 2.60. The van der Waals surface area contributed by atoms with E-state index in [2.05, 4.69) is 254 Å². The van der Waals surface area contributed by atoms with Gasteiger partial charge in [0.1, 0.15) is 11.2 Å². The lowest BCUT2D eigenvalue weighted by molar-refractivity contribution is 0.669. The Bertz CT molecular complexity index is 3800. The van der Waals surface area contributed by atoms with E-state index in [0.29, 0.717) is 0 Å². The van der Waals surface area contributed by atoms with Gasteiger partial charge in [0, 0.05) is 40.3 Å². The Hall–Kier alpha value is -8.98. The lowest BCUT2D eigenvalue weighted by Gasteiger charge is -2.36. The maximum absolute atomic E-state index is 6.65. The van der Waals surface area contributed by atoms with Crippen molar-refractivity contribution in [3.8, 4) is 77.9 Å². The van der Waals surface area contributed by atoms with Crippen molar-refractivity contribution in [2.75, 3.05) is 4.90 Å². The fourth-order valence-corrected chi connectivity index (χ4v) is 11.7. The van der Waals surface area contributed by atoms with Crippen molar-refractivity contribution < 1.29 is 4.42 Å². The minimum Gasteiger partial charge on any atom is -0.456 e. The Morgan fingerprint density at radius 2 is 0.714 bits per heavy atom. The summed E-state index contributed by atoms with van der Waals surface area (Å²) < 4.78 is 6.65. The van der Waals surface area contributed by atoms with Crippen molar-refractivity contribution in [2.24, 2.45) is 0 Å². The lowest BCUT2D eigenvalue weighted by Crippen LogP contribution is -2.18. The summed E-state index contributed by atoms with van der Waals surface area (Å²) in [5.41, 5.74) is 27.4. The highest BCUT2D eigenvalue weighted by Gasteiger charge is 2.37. The van der Waals surface area contributed by atoms with E-state index in [-0.39, 0.29) is 0 Å². The second kappa shape index (κ2) is 16.4. The number of furan rings is 1. The van der Waals surface area contributed by atoms with Crippen LogP contribution in [0, 0.1) is 0 Å². The number of benzene rings is 11. The van der Waals surface area contributed by atoms with Gasteiger partial charge in [-0.05, 0) is 114 Å². The molecule has 0 aliphatic heterocycles. The molecule has 0 saturated carbocycles. The molecule has 0 atom stereocenters. The number of rotatable bonds is 8. The van der Waals surface area contributed by atoms with Gasteiger partial charge in [0.2, 0.25) is 0 Å². The van der Waals surface area contributed by atoms with Crippen LogP contribution >= 0.6 is 0 Å². The first-order valence-corrected chi connectivity index (χ1v) is 24.3. The number of anilines is 3. The number of para-hydroxylation sites is 2. The average Bonchev–Trinajstić information content (AvgIpc) is 4.13. The Balaban J connectivity index is 1.22. The highest BCUT2D eigenvalue weighted by atomic mass is 16.3. The van der Waals surface area contributed by atoms with Crippen molar-refractivity contribution >= 4 is 39.0 Å². The lowest BCUT2D eigenvalue weighted by atomic mass is 9.84. The van der Waals surface area contributed by atoms with Gasteiger partial charge in [-0.1, -0.05) is 218 Å². The zero-order chi connectivity index (χ0) is 46.1. The molecule has 0 fully saturated rings. The van der Waals surface area contributed by atoms with Crippen LogP contribution in [0.2, 0.25) is 0 Å². The van der Waals surface area contributed by atoms with Crippen LogP contribution in [0.1, 0.15) is 22.3 Å². The zero-order valence-corrected chi connectivity index (χ0v) is 38.4. The standard InChI is InChI=1S/C68H45NO/c1-5-22-44(23-6-1)55-42-57-50-32-15-13-30-48(50)40-59(57)67(64(55)46-26-9-3-10-27-46)69(61-37-19-17-34-52(61)53-36-21-39-63-66(53)54-35-18-20-38-62(54)70-63)68-60-41-49-31-14-16-33-51(49)58(60)43-56(45-24-7-2-8-25-45)65(68)47-28-11-4-12-29-47/h1-39,42-43H,40-41H2. The van der Waals surface area contributed by atoms with E-state index in [1.54, 1.807) is 0 Å². The maximum Gasteiger partial charge on any atom is 0.136 e. The van der Waals surface area contributed by atoms with E-state index in [0.717, 1.165) is 51.6 Å². The third kappa shape index (κ3) is 6.34. The van der Waals surface area contributed by atoms with Gasteiger partial charge in [0.15, 0.2) is 0 Å². The van der Waals surface area contributed by atoms with E-state index in [4.69, 9.17) is 4.42 Å². The molecule has 0 saturated heterocycles. The molecule has 12 aromatic rings. The summed E-state index contributed by atoms with van der Waals surface area (Å²) in [6, 6.07) is 91.6. The van der Waals surface area contributed by atoms with Crippen LogP contribution in [0.5, 0.6) is 0 Å². The molecule has 0 radical (unpaired) electrons. The first-order valence-electron chi connectivity index (χ1n) is 24.3. The monoisotopic (exact) mass is 891 g/mol. The first kappa shape index (κ1) is 40.1. The fraction of sp³-hybridized carbons (Fsp3) is 0.0294. The molecule has 0 N–H and O–H groups in total. The van der Waals surface area contributed by atoms with Crippen LogP contribution in [0.4, 0.5) is 17.1 Å². The first-order chi connectivity index (χ1) is 34.8. The van der Waals surface area contributed by atoms with Crippen LogP contribution in [0.3, 0.4) is 0 Å². The molecule has 70 heavy (non-hydrogen) atoms. The molecule has 2 aliphatic carbocycles. The van der Waals surface area contributed by atoms with E-state index in [9.17, 15) is 0 Å². The van der Waals surface area contributed by atoms with Gasteiger partial charge in [-0.15, -0.1) is 0 Å². The predicted octanol–water partition coefficient (Wildman–Crippen LogP) is 18.5. The van der Waals surface area contributed by atoms with Gasteiger partial charge in [-0.3, -0.25) is 0 Å². The normalized spacial score (nSPS) is 12.2. The summed E-state index contributed by atoms with van der Waals surface area (Å²) in [7, 11) is 0. The molecule has 1 aromatic heterocycles. The molecule has 2 aliphatic rings. The smallest absolute Gasteiger partial charge is 0.136 e. The van der Waals surface area contributed by atoms with Gasteiger partial charge in [0.25, 0.3) is 0 Å². The van der Waals surface area contributed by atoms with E-state index in [1.807, 2.05) is 0 Å². The fourth-order valence-electron chi connectivity index (χ4n) is 11.7. The molecule has 2 nitrogen and oxygen atoms in total. The van der Waals surface area contributed by atoms with Crippen LogP contribution < -0.4 is 4.90 Å². The number of fused-ring (bicyclic) bond motifs is 9. The molecule has 0 spiro atoms. The zero-order valence-electron chi connectivity index (χ0n) is 38.4. The molecule has 0 unspecified atom stereocenters. The van der Waals surface area contributed by atoms with Gasteiger partial charge in [-0.2, -0.15) is 0 Å². The second-order valence-corrected chi connectivity index (χ2v) is 18.6. The van der Waals surface area contributed by atoms with Gasteiger partial charge in [0.05, 0.1) is 17.1 Å². The molecule has 0 bridgehead atoms. The Kier molecular flexibility index (Phi) is 9.38. The summed E-state index contributed by atoms with van der Waals surface area (Å²) >= 11 is 0.